The molecule has 0 aromatic heterocycles. The van der Waals surface area contributed by atoms with Gasteiger partial charge in [0, 0.05) is 22.2 Å². The third-order valence-electron chi connectivity index (χ3n) is 6.08. The number of methoxy groups -OCH3 is 2. The van der Waals surface area contributed by atoms with Crippen LogP contribution in [-0.2, 0) is 9.59 Å². The summed E-state index contributed by atoms with van der Waals surface area (Å²) in [5, 5.41) is 8.04. The fraction of sp³-hybridized carbons (Fsp3) is 0.121. The summed E-state index contributed by atoms with van der Waals surface area (Å²) in [6, 6.07) is 30.3. The van der Waals surface area contributed by atoms with Crippen LogP contribution in [0.3, 0.4) is 0 Å². The Balaban J connectivity index is 1.45. The van der Waals surface area contributed by atoms with Gasteiger partial charge < -0.3 is 25.4 Å². The normalized spacial score (nSPS) is 11.6. The summed E-state index contributed by atoms with van der Waals surface area (Å²) in [5.74, 6) is 0.0127. The van der Waals surface area contributed by atoms with Crippen molar-refractivity contribution in [3.63, 3.8) is 0 Å². The first-order valence-corrected chi connectivity index (χ1v) is 14.0. The van der Waals surface area contributed by atoms with E-state index in [1.54, 1.807) is 80.8 Å². The monoisotopic (exact) mass is 581 g/mol. The van der Waals surface area contributed by atoms with Gasteiger partial charge in [-0.25, -0.2) is 0 Å². The Kier molecular flexibility index (Phi) is 10.4. The summed E-state index contributed by atoms with van der Waals surface area (Å²) in [4.78, 5) is 39.9. The van der Waals surface area contributed by atoms with Gasteiger partial charge in [0.2, 0.25) is 5.91 Å². The summed E-state index contributed by atoms with van der Waals surface area (Å²) < 4.78 is 10.6. The van der Waals surface area contributed by atoms with Crippen molar-refractivity contribution in [3.8, 4) is 11.5 Å². The largest absolute Gasteiger partial charge is 0.497 e. The number of thioether (sulfide) groups is 1. The molecule has 0 aliphatic rings. The van der Waals surface area contributed by atoms with Crippen molar-refractivity contribution in [2.75, 3.05) is 24.9 Å². The summed E-state index contributed by atoms with van der Waals surface area (Å²) >= 11 is 1.34. The Hall–Kier alpha value is -5.02. The van der Waals surface area contributed by atoms with Gasteiger partial charge in [-0.3, -0.25) is 14.4 Å². The summed E-state index contributed by atoms with van der Waals surface area (Å²) in [6.07, 6.45) is 1.62. The highest BCUT2D eigenvalue weighted by Gasteiger charge is 2.18. The molecular weight excluding hydrogens is 550 g/mol. The van der Waals surface area contributed by atoms with E-state index in [0.717, 1.165) is 10.5 Å². The van der Waals surface area contributed by atoms with Crippen molar-refractivity contribution in [1.29, 1.82) is 0 Å². The number of hydrogen-bond donors (Lipinski definition) is 3. The molecule has 0 saturated heterocycles. The molecule has 0 fully saturated rings. The molecule has 0 saturated carbocycles. The van der Waals surface area contributed by atoms with E-state index in [9.17, 15) is 14.4 Å². The van der Waals surface area contributed by atoms with Gasteiger partial charge in [0.1, 0.15) is 17.2 Å². The van der Waals surface area contributed by atoms with Gasteiger partial charge in [0.25, 0.3) is 11.8 Å². The maximum absolute atomic E-state index is 13.3. The highest BCUT2D eigenvalue weighted by Crippen LogP contribution is 2.31. The number of benzene rings is 4. The maximum Gasteiger partial charge on any atom is 0.272 e. The molecule has 9 heteroatoms. The number of amides is 3. The summed E-state index contributed by atoms with van der Waals surface area (Å²) in [5.41, 5.74) is 2.33. The first-order valence-electron chi connectivity index (χ1n) is 13.1. The minimum atomic E-state index is -0.484. The molecule has 1 atom stereocenters. The SMILES string of the molecule is COc1ccc(NC(=O)C(C)Sc2cccc(NC(=O)/C(=C/c3ccccc3)NC(=O)c3ccccc3)c2)c(OC)c1. The van der Waals surface area contributed by atoms with Crippen molar-refractivity contribution >= 4 is 46.9 Å². The van der Waals surface area contributed by atoms with Crippen LogP contribution in [0.2, 0.25) is 0 Å². The minimum absolute atomic E-state index is 0.0919. The zero-order valence-corrected chi connectivity index (χ0v) is 24.2. The van der Waals surface area contributed by atoms with Crippen LogP contribution in [0.1, 0.15) is 22.8 Å². The standard InChI is InChI=1S/C33H31N3O5S/c1-22(31(37)35-28-18-17-26(40-2)21-30(28)41-3)42-27-16-10-15-25(20-27)34-33(39)29(19-23-11-6-4-7-12-23)36-32(38)24-13-8-5-9-14-24/h4-22H,1-3H3,(H,34,39)(H,35,37)(H,36,38)/b29-19-. The van der Waals surface area contributed by atoms with Crippen molar-refractivity contribution in [3.05, 3.63) is 120 Å². The van der Waals surface area contributed by atoms with E-state index in [-0.39, 0.29) is 11.6 Å². The van der Waals surface area contributed by atoms with Crippen LogP contribution in [0, 0.1) is 0 Å². The lowest BCUT2D eigenvalue weighted by atomic mass is 10.1. The van der Waals surface area contributed by atoms with Gasteiger partial charge in [0.15, 0.2) is 0 Å². The molecule has 4 aromatic carbocycles. The van der Waals surface area contributed by atoms with E-state index in [0.29, 0.717) is 28.4 Å². The quantitative estimate of drug-likeness (QED) is 0.143. The molecule has 0 aliphatic heterocycles. The first-order chi connectivity index (χ1) is 20.4. The van der Waals surface area contributed by atoms with Gasteiger partial charge in [-0.1, -0.05) is 54.6 Å². The second-order valence-corrected chi connectivity index (χ2v) is 10.5. The third kappa shape index (κ3) is 8.25. The van der Waals surface area contributed by atoms with Crippen LogP contribution in [0.25, 0.3) is 6.08 Å². The molecule has 0 spiro atoms. The van der Waals surface area contributed by atoms with E-state index in [4.69, 9.17) is 9.47 Å². The van der Waals surface area contributed by atoms with Crippen LogP contribution < -0.4 is 25.4 Å². The van der Waals surface area contributed by atoms with Gasteiger partial charge in [0.05, 0.1) is 25.2 Å². The molecule has 4 rings (SSSR count). The second kappa shape index (κ2) is 14.6. The topological polar surface area (TPSA) is 106 Å². The van der Waals surface area contributed by atoms with Gasteiger partial charge >= 0.3 is 0 Å². The number of carbonyl (C=O) groups is 3. The molecule has 0 aliphatic carbocycles. The molecule has 0 radical (unpaired) electrons. The number of carbonyl (C=O) groups excluding carboxylic acids is 3. The molecule has 4 aromatic rings. The third-order valence-corrected chi connectivity index (χ3v) is 7.17. The van der Waals surface area contributed by atoms with E-state index in [1.807, 2.05) is 42.5 Å². The molecule has 0 bridgehead atoms. The van der Waals surface area contributed by atoms with Crippen LogP contribution in [0.4, 0.5) is 11.4 Å². The smallest absolute Gasteiger partial charge is 0.272 e. The molecular formula is C33H31N3O5S. The Morgan fingerprint density at radius 1 is 0.786 bits per heavy atom. The van der Waals surface area contributed by atoms with E-state index in [2.05, 4.69) is 16.0 Å². The fourth-order valence-corrected chi connectivity index (χ4v) is 4.82. The lowest BCUT2D eigenvalue weighted by molar-refractivity contribution is -0.115. The van der Waals surface area contributed by atoms with Crippen molar-refractivity contribution in [1.82, 2.24) is 5.32 Å². The summed E-state index contributed by atoms with van der Waals surface area (Å²) in [7, 11) is 3.08. The zero-order chi connectivity index (χ0) is 29.9. The highest BCUT2D eigenvalue weighted by molar-refractivity contribution is 8.00. The Morgan fingerprint density at radius 2 is 1.50 bits per heavy atom. The van der Waals surface area contributed by atoms with Gasteiger partial charge in [-0.05, 0) is 61.0 Å². The van der Waals surface area contributed by atoms with Crippen LogP contribution >= 0.6 is 11.8 Å². The number of ether oxygens (including phenoxy) is 2. The lowest BCUT2D eigenvalue weighted by Crippen LogP contribution is -2.30. The Morgan fingerprint density at radius 3 is 2.19 bits per heavy atom. The predicted octanol–water partition coefficient (Wildman–Crippen LogP) is 6.23. The number of nitrogens with one attached hydrogen (secondary N) is 3. The van der Waals surface area contributed by atoms with Gasteiger partial charge in [-0.15, -0.1) is 11.8 Å². The molecule has 3 amide bonds. The van der Waals surface area contributed by atoms with Crippen molar-refractivity contribution < 1.29 is 23.9 Å². The lowest BCUT2D eigenvalue weighted by Gasteiger charge is -2.16. The molecule has 0 heterocycles. The highest BCUT2D eigenvalue weighted by atomic mass is 32.2. The van der Waals surface area contributed by atoms with Crippen molar-refractivity contribution in [2.24, 2.45) is 0 Å². The molecule has 42 heavy (non-hydrogen) atoms. The van der Waals surface area contributed by atoms with Crippen LogP contribution in [0.5, 0.6) is 11.5 Å². The Bertz CT molecular complexity index is 1580. The fourth-order valence-electron chi connectivity index (χ4n) is 3.90. The first kappa shape index (κ1) is 30.0. The average molecular weight is 582 g/mol. The minimum Gasteiger partial charge on any atom is -0.497 e. The number of rotatable bonds is 11. The number of anilines is 2. The zero-order valence-electron chi connectivity index (χ0n) is 23.4. The van der Waals surface area contributed by atoms with Crippen LogP contribution in [-0.4, -0.2) is 37.2 Å². The molecule has 214 valence electrons. The predicted molar refractivity (Wildman–Crippen MR) is 167 cm³/mol. The molecule has 1 unspecified atom stereocenters. The average Bonchev–Trinajstić information content (AvgIpc) is 3.01. The second-order valence-electron chi connectivity index (χ2n) is 9.09. The maximum atomic E-state index is 13.3. The van der Waals surface area contributed by atoms with Crippen LogP contribution in [0.15, 0.2) is 114 Å². The Labute approximate surface area is 249 Å². The summed E-state index contributed by atoms with van der Waals surface area (Å²) in [6.45, 7) is 1.79. The van der Waals surface area contributed by atoms with Gasteiger partial charge in [-0.2, -0.15) is 0 Å². The van der Waals surface area contributed by atoms with E-state index >= 15 is 0 Å². The van der Waals surface area contributed by atoms with E-state index in [1.165, 1.54) is 18.9 Å². The molecule has 8 nitrogen and oxygen atoms in total. The van der Waals surface area contributed by atoms with Crippen molar-refractivity contribution in [2.45, 2.75) is 17.1 Å². The molecule has 3 N–H and O–H groups in total. The number of hydrogen-bond acceptors (Lipinski definition) is 6. The van der Waals surface area contributed by atoms with E-state index < -0.39 is 17.1 Å².